The van der Waals surface area contributed by atoms with Crippen LogP contribution >= 0.6 is 0 Å². The fourth-order valence-corrected chi connectivity index (χ4v) is 2.55. The van der Waals surface area contributed by atoms with Crippen molar-refractivity contribution in [3.05, 3.63) is 0 Å². The molecule has 0 saturated carbocycles. The number of carboxylic acids is 1. The quantitative estimate of drug-likeness (QED) is 0.747. The molecule has 1 aliphatic rings. The highest BCUT2D eigenvalue weighted by Gasteiger charge is 2.29. The number of carbonyl (C=O) groups excluding carboxylic acids is 2. The van der Waals surface area contributed by atoms with Crippen molar-refractivity contribution in [1.29, 1.82) is 0 Å². The second-order valence-electron chi connectivity index (χ2n) is 5.23. The van der Waals surface area contributed by atoms with Crippen molar-refractivity contribution < 1.29 is 24.2 Å². The number of aliphatic carboxylic acids is 1. The average molecular weight is 300 g/mol. The highest BCUT2D eigenvalue weighted by molar-refractivity contribution is 5.86. The summed E-state index contributed by atoms with van der Waals surface area (Å²) >= 11 is 0. The fraction of sp³-hybridized carbons (Fsp3) is 0.786. The molecule has 0 radical (unpaired) electrons. The zero-order valence-electron chi connectivity index (χ0n) is 12.6. The molecule has 2 atom stereocenters. The van der Waals surface area contributed by atoms with Crippen LogP contribution < -0.4 is 5.32 Å². The number of amides is 2. The van der Waals surface area contributed by atoms with E-state index in [-0.39, 0.29) is 12.5 Å². The van der Waals surface area contributed by atoms with Crippen molar-refractivity contribution in [1.82, 2.24) is 10.2 Å². The van der Waals surface area contributed by atoms with Crippen molar-refractivity contribution in [2.45, 2.75) is 57.5 Å². The molecular weight excluding hydrogens is 276 g/mol. The van der Waals surface area contributed by atoms with Crippen LogP contribution in [0.4, 0.5) is 4.79 Å². The van der Waals surface area contributed by atoms with Crippen LogP contribution in [-0.4, -0.2) is 53.7 Å². The van der Waals surface area contributed by atoms with Gasteiger partial charge in [-0.25, -0.2) is 9.59 Å². The van der Waals surface area contributed by atoms with Crippen molar-refractivity contribution in [3.8, 4) is 0 Å². The lowest BCUT2D eigenvalue weighted by molar-refractivity contribution is -0.147. The van der Waals surface area contributed by atoms with Gasteiger partial charge in [0.1, 0.15) is 6.04 Å². The van der Waals surface area contributed by atoms with Crippen LogP contribution in [0.25, 0.3) is 0 Å². The number of rotatable bonds is 5. The topological polar surface area (TPSA) is 95.9 Å². The Bertz CT molecular complexity index is 386. The third-order valence-electron chi connectivity index (χ3n) is 3.80. The highest BCUT2D eigenvalue weighted by atomic mass is 16.5. The van der Waals surface area contributed by atoms with Gasteiger partial charge in [0, 0.05) is 12.6 Å². The van der Waals surface area contributed by atoms with Gasteiger partial charge in [0.25, 0.3) is 0 Å². The normalized spacial score (nSPS) is 20.3. The van der Waals surface area contributed by atoms with E-state index in [1.54, 1.807) is 4.90 Å². The van der Waals surface area contributed by atoms with Gasteiger partial charge in [-0.3, -0.25) is 4.79 Å². The molecule has 0 aromatic carbocycles. The molecule has 1 rings (SSSR count). The summed E-state index contributed by atoms with van der Waals surface area (Å²) in [6.45, 7) is 2.63. The summed E-state index contributed by atoms with van der Waals surface area (Å²) in [7, 11) is 1.19. The Hall–Kier alpha value is -1.79. The first-order valence-corrected chi connectivity index (χ1v) is 7.36. The number of carbonyl (C=O) groups is 3. The van der Waals surface area contributed by atoms with E-state index in [2.05, 4.69) is 10.1 Å². The molecule has 7 nitrogen and oxygen atoms in total. The van der Waals surface area contributed by atoms with Crippen molar-refractivity contribution in [2.75, 3.05) is 13.7 Å². The van der Waals surface area contributed by atoms with E-state index in [1.165, 1.54) is 7.11 Å². The summed E-state index contributed by atoms with van der Waals surface area (Å²) < 4.78 is 4.45. The van der Waals surface area contributed by atoms with Gasteiger partial charge < -0.3 is 20.1 Å². The predicted octanol–water partition coefficient (Wildman–Crippen LogP) is 1.37. The molecule has 21 heavy (non-hydrogen) atoms. The number of urea groups is 1. The third-order valence-corrected chi connectivity index (χ3v) is 3.80. The Morgan fingerprint density at radius 1 is 1.33 bits per heavy atom. The minimum Gasteiger partial charge on any atom is -0.480 e. The number of carboxylic acid groups (broad SMARTS) is 1. The van der Waals surface area contributed by atoms with Gasteiger partial charge in [-0.2, -0.15) is 0 Å². The molecule has 7 heteroatoms. The maximum Gasteiger partial charge on any atom is 0.326 e. The lowest BCUT2D eigenvalue weighted by Crippen LogP contribution is -2.51. The Morgan fingerprint density at radius 3 is 2.62 bits per heavy atom. The minimum absolute atomic E-state index is 0.125. The van der Waals surface area contributed by atoms with Crippen LogP contribution in [0.1, 0.15) is 45.4 Å². The van der Waals surface area contributed by atoms with Crippen LogP contribution in [0.5, 0.6) is 0 Å². The van der Waals surface area contributed by atoms with E-state index in [4.69, 9.17) is 5.11 Å². The molecule has 1 saturated heterocycles. The third kappa shape index (κ3) is 5.24. The van der Waals surface area contributed by atoms with Gasteiger partial charge in [-0.1, -0.05) is 19.8 Å². The molecule has 1 heterocycles. The average Bonchev–Trinajstić information content (AvgIpc) is 2.71. The number of nitrogens with zero attached hydrogens (tertiary/aromatic N) is 1. The lowest BCUT2D eigenvalue weighted by atomic mass is 10.1. The van der Waals surface area contributed by atoms with E-state index < -0.39 is 24.0 Å². The van der Waals surface area contributed by atoms with Crippen molar-refractivity contribution >= 4 is 18.0 Å². The molecule has 1 fully saturated rings. The summed E-state index contributed by atoms with van der Waals surface area (Å²) in [6, 6.07) is -1.55. The first-order chi connectivity index (χ1) is 9.99. The molecular formula is C14H24N2O5. The molecule has 2 N–H and O–H groups in total. The smallest absolute Gasteiger partial charge is 0.326 e. The number of likely N-dealkylation sites (tertiary alicyclic amines) is 1. The molecule has 1 unspecified atom stereocenters. The minimum atomic E-state index is -1.26. The zero-order valence-corrected chi connectivity index (χ0v) is 12.6. The largest absolute Gasteiger partial charge is 0.480 e. The zero-order chi connectivity index (χ0) is 15.8. The van der Waals surface area contributed by atoms with Gasteiger partial charge in [-0.05, 0) is 19.3 Å². The highest BCUT2D eigenvalue weighted by Crippen LogP contribution is 2.19. The summed E-state index contributed by atoms with van der Waals surface area (Å²) in [5.41, 5.74) is 0. The Labute approximate surface area is 124 Å². The number of hydrogen-bond donors (Lipinski definition) is 2. The maximum atomic E-state index is 12.3. The molecule has 120 valence electrons. The Kier molecular flexibility index (Phi) is 6.98. The van der Waals surface area contributed by atoms with Crippen LogP contribution in [0.2, 0.25) is 0 Å². The summed E-state index contributed by atoms with van der Waals surface area (Å²) in [5.74, 6) is -1.90. The molecule has 2 amide bonds. The predicted molar refractivity (Wildman–Crippen MR) is 75.8 cm³/mol. The van der Waals surface area contributed by atoms with E-state index >= 15 is 0 Å². The van der Waals surface area contributed by atoms with Crippen LogP contribution in [-0.2, 0) is 14.3 Å². The van der Waals surface area contributed by atoms with Gasteiger partial charge in [-0.15, -0.1) is 0 Å². The standard InChI is InChI=1S/C14H24N2O5/c1-3-10-7-5-4-6-8-16(10)14(20)15-11(13(18)19)9-12(17)21-2/h10-11H,3-9H2,1-2H3,(H,15,20)(H,18,19)/t10?,11-/m0/s1. The summed E-state index contributed by atoms with van der Waals surface area (Å²) in [4.78, 5) is 36.4. The van der Waals surface area contributed by atoms with Gasteiger partial charge >= 0.3 is 18.0 Å². The molecule has 0 spiro atoms. The van der Waals surface area contributed by atoms with E-state index in [0.29, 0.717) is 6.54 Å². The number of nitrogens with one attached hydrogen (secondary N) is 1. The van der Waals surface area contributed by atoms with Crippen molar-refractivity contribution in [3.63, 3.8) is 0 Å². The maximum absolute atomic E-state index is 12.3. The molecule has 0 aromatic heterocycles. The summed E-state index contributed by atoms with van der Waals surface area (Å²) in [5, 5.41) is 11.5. The summed E-state index contributed by atoms with van der Waals surface area (Å²) in [6.07, 6.45) is 4.46. The number of hydrogen-bond acceptors (Lipinski definition) is 4. The molecule has 0 aliphatic carbocycles. The van der Waals surface area contributed by atoms with Crippen molar-refractivity contribution in [2.24, 2.45) is 0 Å². The first-order valence-electron chi connectivity index (χ1n) is 7.36. The van der Waals surface area contributed by atoms with E-state index in [0.717, 1.165) is 32.1 Å². The lowest BCUT2D eigenvalue weighted by Gasteiger charge is -2.30. The van der Waals surface area contributed by atoms with Gasteiger partial charge in [0.05, 0.1) is 13.5 Å². The molecule has 0 bridgehead atoms. The Balaban J connectivity index is 2.70. The van der Waals surface area contributed by atoms with E-state index in [9.17, 15) is 14.4 Å². The second-order valence-corrected chi connectivity index (χ2v) is 5.23. The fourth-order valence-electron chi connectivity index (χ4n) is 2.55. The second kappa shape index (κ2) is 8.49. The SMILES string of the molecule is CCC1CCCCCN1C(=O)N[C@@H](CC(=O)OC)C(=O)O. The van der Waals surface area contributed by atoms with Gasteiger partial charge in [0.15, 0.2) is 0 Å². The molecule has 0 aromatic rings. The van der Waals surface area contributed by atoms with Crippen LogP contribution in [0.15, 0.2) is 0 Å². The number of esters is 1. The number of ether oxygens (including phenoxy) is 1. The van der Waals surface area contributed by atoms with Gasteiger partial charge in [0.2, 0.25) is 0 Å². The number of methoxy groups -OCH3 is 1. The first kappa shape index (κ1) is 17.3. The van der Waals surface area contributed by atoms with Crippen LogP contribution in [0, 0.1) is 0 Å². The Morgan fingerprint density at radius 2 is 2.05 bits per heavy atom. The van der Waals surface area contributed by atoms with E-state index in [1.807, 2.05) is 6.92 Å². The monoisotopic (exact) mass is 300 g/mol. The molecule has 1 aliphatic heterocycles. The van der Waals surface area contributed by atoms with Crippen LogP contribution in [0.3, 0.4) is 0 Å².